The van der Waals surface area contributed by atoms with Crippen molar-refractivity contribution in [2.75, 3.05) is 32.8 Å². The summed E-state index contributed by atoms with van der Waals surface area (Å²) in [7, 11) is 0. The largest absolute Gasteiger partial charge is 0.376 e. The Morgan fingerprint density at radius 3 is 2.49 bits per heavy atom. The van der Waals surface area contributed by atoms with Crippen LogP contribution in [0.25, 0.3) is 0 Å². The molecule has 0 aromatic heterocycles. The van der Waals surface area contributed by atoms with E-state index in [1.807, 2.05) is 19.1 Å². The van der Waals surface area contributed by atoms with Gasteiger partial charge in [-0.25, -0.2) is 0 Å². The standard InChI is InChI=1S/C28H32N4O7/c1-19-7-9-20(10-8-19)27(35)31-24(25(33)29-17-23-6-3-15-38-23)18-39-28(31)11-13-30(14-12-28)26(34)21-4-2-5-22(16-21)32(36)37/h2,4-5,7-10,16,23-24H,3,6,11-15,17-18H2,1H3,(H,29,33). The van der Waals surface area contributed by atoms with Crippen LogP contribution in [0, 0.1) is 17.0 Å². The summed E-state index contributed by atoms with van der Waals surface area (Å²) in [6.45, 7) is 3.57. The lowest BCUT2D eigenvalue weighted by Crippen LogP contribution is -2.60. The van der Waals surface area contributed by atoms with E-state index in [0.717, 1.165) is 18.4 Å². The Labute approximate surface area is 226 Å². The van der Waals surface area contributed by atoms with Crippen LogP contribution in [0.4, 0.5) is 5.69 Å². The minimum Gasteiger partial charge on any atom is -0.376 e. The molecular weight excluding hydrogens is 504 g/mol. The Morgan fingerprint density at radius 1 is 1.08 bits per heavy atom. The molecule has 11 heteroatoms. The molecule has 3 heterocycles. The molecular formula is C28H32N4O7. The molecule has 0 radical (unpaired) electrons. The third-order valence-corrected chi connectivity index (χ3v) is 7.74. The number of nitro groups is 1. The quantitative estimate of drug-likeness (QED) is 0.444. The summed E-state index contributed by atoms with van der Waals surface area (Å²) in [5.41, 5.74) is 0.495. The van der Waals surface area contributed by atoms with Gasteiger partial charge in [0, 0.05) is 62.3 Å². The van der Waals surface area contributed by atoms with Crippen LogP contribution < -0.4 is 5.32 Å². The summed E-state index contributed by atoms with van der Waals surface area (Å²) >= 11 is 0. The molecule has 3 fully saturated rings. The number of hydrogen-bond acceptors (Lipinski definition) is 7. The van der Waals surface area contributed by atoms with Gasteiger partial charge < -0.3 is 19.7 Å². The van der Waals surface area contributed by atoms with Crippen LogP contribution in [0.5, 0.6) is 0 Å². The van der Waals surface area contributed by atoms with Crippen LogP contribution >= 0.6 is 0 Å². The van der Waals surface area contributed by atoms with Crippen LogP contribution in [-0.2, 0) is 14.3 Å². The second kappa shape index (κ2) is 11.1. The molecule has 1 N–H and O–H groups in total. The minimum absolute atomic E-state index is 0.0328. The molecule has 3 aliphatic rings. The smallest absolute Gasteiger partial charge is 0.270 e. The lowest BCUT2D eigenvalue weighted by molar-refractivity contribution is -0.384. The molecule has 3 aliphatic heterocycles. The van der Waals surface area contributed by atoms with Gasteiger partial charge >= 0.3 is 0 Å². The van der Waals surface area contributed by atoms with Crippen molar-refractivity contribution in [1.82, 2.24) is 15.1 Å². The van der Waals surface area contributed by atoms with E-state index in [-0.39, 0.29) is 54.8 Å². The maximum absolute atomic E-state index is 13.8. The average Bonchev–Trinajstić information content (AvgIpc) is 3.60. The van der Waals surface area contributed by atoms with E-state index in [4.69, 9.17) is 9.47 Å². The Bertz CT molecular complexity index is 1250. The number of nitrogens with one attached hydrogen (secondary N) is 1. The van der Waals surface area contributed by atoms with Gasteiger partial charge in [-0.15, -0.1) is 0 Å². The maximum Gasteiger partial charge on any atom is 0.270 e. The molecule has 1 spiro atoms. The van der Waals surface area contributed by atoms with Gasteiger partial charge in [0.2, 0.25) is 5.91 Å². The maximum atomic E-state index is 13.8. The van der Waals surface area contributed by atoms with E-state index >= 15 is 0 Å². The molecule has 0 bridgehead atoms. The summed E-state index contributed by atoms with van der Waals surface area (Å²) in [6, 6.07) is 12.0. The van der Waals surface area contributed by atoms with E-state index < -0.39 is 16.7 Å². The molecule has 2 atom stereocenters. The summed E-state index contributed by atoms with van der Waals surface area (Å²) in [6.07, 6.45) is 2.42. The summed E-state index contributed by atoms with van der Waals surface area (Å²) < 4.78 is 11.9. The number of likely N-dealkylation sites (tertiary alicyclic amines) is 1. The van der Waals surface area contributed by atoms with E-state index in [2.05, 4.69) is 5.32 Å². The lowest BCUT2D eigenvalue weighted by atomic mass is 9.96. The van der Waals surface area contributed by atoms with E-state index in [9.17, 15) is 24.5 Å². The number of nitrogens with zero attached hydrogens (tertiary/aromatic N) is 3. The van der Waals surface area contributed by atoms with Gasteiger partial charge in [0.25, 0.3) is 17.5 Å². The van der Waals surface area contributed by atoms with Gasteiger partial charge in [-0.1, -0.05) is 23.8 Å². The van der Waals surface area contributed by atoms with Crippen LogP contribution in [0.1, 0.15) is 52.0 Å². The highest BCUT2D eigenvalue weighted by atomic mass is 16.6. The molecule has 206 valence electrons. The van der Waals surface area contributed by atoms with Gasteiger partial charge in [-0.05, 0) is 38.0 Å². The van der Waals surface area contributed by atoms with Crippen molar-refractivity contribution >= 4 is 23.4 Å². The van der Waals surface area contributed by atoms with Crippen molar-refractivity contribution in [2.24, 2.45) is 0 Å². The number of aryl methyl sites for hydroxylation is 1. The molecule has 2 aromatic carbocycles. The van der Waals surface area contributed by atoms with Gasteiger partial charge in [0.15, 0.2) is 0 Å². The average molecular weight is 537 g/mol. The monoisotopic (exact) mass is 536 g/mol. The fourth-order valence-electron chi connectivity index (χ4n) is 5.53. The first-order valence-corrected chi connectivity index (χ1v) is 13.2. The lowest BCUT2D eigenvalue weighted by Gasteiger charge is -2.44. The summed E-state index contributed by atoms with van der Waals surface area (Å²) in [5, 5.41) is 14.1. The zero-order valence-electron chi connectivity index (χ0n) is 21.8. The second-order valence-electron chi connectivity index (χ2n) is 10.3. The Hall–Kier alpha value is -3.83. The number of ether oxygens (including phenoxy) is 2. The number of hydrogen-bond donors (Lipinski definition) is 1. The van der Waals surface area contributed by atoms with Crippen LogP contribution in [0.2, 0.25) is 0 Å². The zero-order valence-corrected chi connectivity index (χ0v) is 21.8. The predicted molar refractivity (Wildman–Crippen MR) is 140 cm³/mol. The number of carbonyl (C=O) groups is 3. The fraction of sp³-hybridized carbons (Fsp3) is 0.464. The number of amides is 3. The Balaban J connectivity index is 1.34. The molecule has 11 nitrogen and oxygen atoms in total. The Morgan fingerprint density at radius 2 is 1.82 bits per heavy atom. The predicted octanol–water partition coefficient (Wildman–Crippen LogP) is 2.67. The van der Waals surface area contributed by atoms with Gasteiger partial charge in [0.1, 0.15) is 11.8 Å². The zero-order chi connectivity index (χ0) is 27.6. The molecule has 0 aliphatic carbocycles. The van der Waals surface area contributed by atoms with E-state index in [0.29, 0.717) is 31.6 Å². The number of piperidine rings is 1. The molecule has 2 unspecified atom stereocenters. The first-order chi connectivity index (χ1) is 18.8. The van der Waals surface area contributed by atoms with Gasteiger partial charge in [-0.3, -0.25) is 29.4 Å². The van der Waals surface area contributed by atoms with Crippen LogP contribution in [0.3, 0.4) is 0 Å². The number of non-ortho nitro benzene ring substituents is 1. The fourth-order valence-corrected chi connectivity index (χ4v) is 5.53. The van der Waals surface area contributed by atoms with Crippen molar-refractivity contribution in [3.05, 3.63) is 75.3 Å². The normalized spacial score (nSPS) is 22.2. The molecule has 5 rings (SSSR count). The molecule has 3 amide bonds. The topological polar surface area (TPSA) is 131 Å². The van der Waals surface area contributed by atoms with Crippen LogP contribution in [0.15, 0.2) is 48.5 Å². The van der Waals surface area contributed by atoms with Gasteiger partial charge in [0.05, 0.1) is 17.6 Å². The van der Waals surface area contributed by atoms with Crippen molar-refractivity contribution in [3.63, 3.8) is 0 Å². The van der Waals surface area contributed by atoms with Crippen molar-refractivity contribution in [1.29, 1.82) is 0 Å². The Kier molecular flexibility index (Phi) is 7.62. The summed E-state index contributed by atoms with van der Waals surface area (Å²) in [4.78, 5) is 54.1. The first-order valence-electron chi connectivity index (χ1n) is 13.2. The van der Waals surface area contributed by atoms with Gasteiger partial charge in [-0.2, -0.15) is 0 Å². The third kappa shape index (κ3) is 5.50. The number of benzene rings is 2. The minimum atomic E-state index is -1.05. The summed E-state index contributed by atoms with van der Waals surface area (Å²) in [5.74, 6) is -0.921. The number of rotatable bonds is 6. The molecule has 0 saturated carbocycles. The third-order valence-electron chi connectivity index (χ3n) is 7.74. The van der Waals surface area contributed by atoms with Crippen molar-refractivity contribution in [3.8, 4) is 0 Å². The van der Waals surface area contributed by atoms with E-state index in [1.165, 1.54) is 18.2 Å². The van der Waals surface area contributed by atoms with Crippen LogP contribution in [-0.4, -0.2) is 83.2 Å². The molecule has 39 heavy (non-hydrogen) atoms. The second-order valence-corrected chi connectivity index (χ2v) is 10.3. The molecule has 3 saturated heterocycles. The highest BCUT2D eigenvalue weighted by Gasteiger charge is 2.54. The van der Waals surface area contributed by atoms with Crippen molar-refractivity contribution in [2.45, 2.75) is 50.5 Å². The highest BCUT2D eigenvalue weighted by Crippen LogP contribution is 2.39. The SMILES string of the molecule is Cc1ccc(C(=O)N2C(C(=O)NCC3CCCO3)COC23CCN(C(=O)c2cccc([N+](=O)[O-])c2)CC3)cc1. The number of carbonyl (C=O) groups excluding carboxylic acids is 3. The highest BCUT2D eigenvalue weighted by molar-refractivity contribution is 5.99. The van der Waals surface area contributed by atoms with E-state index in [1.54, 1.807) is 28.0 Å². The van der Waals surface area contributed by atoms with Crippen molar-refractivity contribution < 1.29 is 28.8 Å². The number of nitro benzene ring substituents is 1. The first kappa shape index (κ1) is 26.8. The molecule has 2 aromatic rings.